The number of aliphatic hydroxyl groups is 1. The van der Waals surface area contributed by atoms with Gasteiger partial charge in [-0.15, -0.1) is 0 Å². The molecule has 2 heterocycles. The van der Waals surface area contributed by atoms with Crippen LogP contribution in [0.3, 0.4) is 0 Å². The molecule has 0 atom stereocenters. The summed E-state index contributed by atoms with van der Waals surface area (Å²) in [4.78, 5) is 28.3. The van der Waals surface area contributed by atoms with E-state index in [-0.39, 0.29) is 18.4 Å². The van der Waals surface area contributed by atoms with Crippen molar-refractivity contribution in [1.29, 1.82) is 0 Å². The highest BCUT2D eigenvalue weighted by molar-refractivity contribution is 6.21. The van der Waals surface area contributed by atoms with Crippen LogP contribution in [0.25, 0.3) is 0 Å². The highest BCUT2D eigenvalue weighted by atomic mass is 16.5. The zero-order valence-corrected chi connectivity index (χ0v) is 13.9. The maximum atomic E-state index is 12.4. The van der Waals surface area contributed by atoms with E-state index in [4.69, 9.17) is 9.84 Å². The number of rotatable bonds is 8. The summed E-state index contributed by atoms with van der Waals surface area (Å²) in [5, 5.41) is 8.83. The average Bonchev–Trinajstić information content (AvgIpc) is 3.18. The van der Waals surface area contributed by atoms with Crippen molar-refractivity contribution in [1.82, 2.24) is 9.80 Å². The summed E-state index contributed by atoms with van der Waals surface area (Å²) in [6, 6.07) is 5.10. The molecular formula is C18H24N2O4. The van der Waals surface area contributed by atoms with Crippen LogP contribution in [0.1, 0.15) is 46.4 Å². The first-order valence-electron chi connectivity index (χ1n) is 8.67. The first-order chi connectivity index (χ1) is 11.7. The van der Waals surface area contributed by atoms with Crippen LogP contribution >= 0.6 is 0 Å². The van der Waals surface area contributed by atoms with Gasteiger partial charge in [0.15, 0.2) is 0 Å². The van der Waals surface area contributed by atoms with E-state index in [0.29, 0.717) is 42.9 Å². The molecule has 1 N–H and O–H groups in total. The Bertz CT molecular complexity index is 611. The van der Waals surface area contributed by atoms with Crippen molar-refractivity contribution in [2.45, 2.75) is 25.7 Å². The van der Waals surface area contributed by atoms with Gasteiger partial charge in [-0.05, 0) is 57.0 Å². The normalized spacial score (nSPS) is 17.6. The van der Waals surface area contributed by atoms with Crippen molar-refractivity contribution in [2.75, 3.05) is 39.4 Å². The third kappa shape index (κ3) is 3.60. The molecule has 0 spiro atoms. The minimum atomic E-state index is -0.266. The number of unbranched alkanes of at least 4 members (excludes halogenated alkanes) is 1. The molecule has 6 heteroatoms. The van der Waals surface area contributed by atoms with Crippen molar-refractivity contribution < 1.29 is 19.4 Å². The molecule has 3 rings (SSSR count). The van der Waals surface area contributed by atoms with Crippen LogP contribution in [-0.4, -0.2) is 66.1 Å². The number of fused-ring (bicyclic) bond motifs is 1. The summed E-state index contributed by atoms with van der Waals surface area (Å²) >= 11 is 0. The molecule has 0 aromatic heterocycles. The summed E-state index contributed by atoms with van der Waals surface area (Å²) in [6.07, 6.45) is 3.70. The van der Waals surface area contributed by atoms with Crippen molar-refractivity contribution in [2.24, 2.45) is 0 Å². The molecule has 2 aliphatic rings. The smallest absolute Gasteiger partial charge is 0.261 e. The SMILES string of the molecule is O=C1c2ccc(OCCN3CCCC3)cc2C(=O)N1CCCCO. The molecule has 2 aliphatic heterocycles. The number of benzene rings is 1. The lowest BCUT2D eigenvalue weighted by atomic mass is 10.1. The summed E-state index contributed by atoms with van der Waals surface area (Å²) < 4.78 is 5.75. The monoisotopic (exact) mass is 332 g/mol. The van der Waals surface area contributed by atoms with Crippen LogP contribution in [0.5, 0.6) is 5.75 Å². The Morgan fingerprint density at radius 3 is 2.50 bits per heavy atom. The van der Waals surface area contributed by atoms with Gasteiger partial charge in [-0.1, -0.05) is 0 Å². The summed E-state index contributed by atoms with van der Waals surface area (Å²) in [5.74, 6) is 0.112. The van der Waals surface area contributed by atoms with Gasteiger partial charge < -0.3 is 9.84 Å². The molecule has 0 unspecified atom stereocenters. The Hall–Kier alpha value is -1.92. The Morgan fingerprint density at radius 2 is 1.75 bits per heavy atom. The Kier molecular flexibility index (Phi) is 5.48. The van der Waals surface area contributed by atoms with Gasteiger partial charge in [-0.3, -0.25) is 19.4 Å². The van der Waals surface area contributed by atoms with Gasteiger partial charge in [0.1, 0.15) is 12.4 Å². The van der Waals surface area contributed by atoms with Crippen LogP contribution in [0.2, 0.25) is 0 Å². The van der Waals surface area contributed by atoms with Gasteiger partial charge in [0.2, 0.25) is 0 Å². The number of amides is 2. The number of carbonyl (C=O) groups excluding carboxylic acids is 2. The third-order valence-electron chi connectivity index (χ3n) is 4.61. The lowest BCUT2D eigenvalue weighted by Gasteiger charge is -2.15. The zero-order chi connectivity index (χ0) is 16.9. The predicted octanol–water partition coefficient (Wildman–Crippen LogP) is 1.53. The standard InChI is InChI=1S/C18H24N2O4/c21-11-4-3-9-20-17(22)15-6-5-14(13-16(15)18(20)23)24-12-10-19-7-1-2-8-19/h5-6,13,21H,1-4,7-12H2. The Balaban J connectivity index is 1.59. The molecule has 0 bridgehead atoms. The molecule has 1 fully saturated rings. The molecule has 1 saturated heterocycles. The van der Waals surface area contributed by atoms with E-state index in [1.54, 1.807) is 18.2 Å². The summed E-state index contributed by atoms with van der Waals surface area (Å²) in [6.45, 7) is 4.14. The quantitative estimate of drug-likeness (QED) is 0.577. The molecule has 24 heavy (non-hydrogen) atoms. The maximum Gasteiger partial charge on any atom is 0.261 e. The zero-order valence-electron chi connectivity index (χ0n) is 13.9. The van der Waals surface area contributed by atoms with E-state index in [0.717, 1.165) is 19.6 Å². The first-order valence-corrected chi connectivity index (χ1v) is 8.67. The lowest BCUT2D eigenvalue weighted by Crippen LogP contribution is -2.30. The minimum absolute atomic E-state index is 0.0676. The van der Waals surface area contributed by atoms with E-state index in [9.17, 15) is 9.59 Å². The van der Waals surface area contributed by atoms with E-state index in [1.165, 1.54) is 17.7 Å². The van der Waals surface area contributed by atoms with Crippen LogP contribution < -0.4 is 4.74 Å². The van der Waals surface area contributed by atoms with Crippen molar-refractivity contribution in [3.8, 4) is 5.75 Å². The molecule has 6 nitrogen and oxygen atoms in total. The fourth-order valence-corrected chi connectivity index (χ4v) is 3.24. The molecule has 2 amide bonds. The number of likely N-dealkylation sites (tertiary alicyclic amines) is 1. The summed E-state index contributed by atoms with van der Waals surface area (Å²) in [7, 11) is 0. The van der Waals surface area contributed by atoms with Crippen LogP contribution in [0.4, 0.5) is 0 Å². The van der Waals surface area contributed by atoms with Crippen molar-refractivity contribution in [3.05, 3.63) is 29.3 Å². The fraction of sp³-hybridized carbons (Fsp3) is 0.556. The molecule has 0 aliphatic carbocycles. The van der Waals surface area contributed by atoms with Gasteiger partial charge in [0.25, 0.3) is 11.8 Å². The second kappa shape index (κ2) is 7.77. The topological polar surface area (TPSA) is 70.1 Å². The van der Waals surface area contributed by atoms with E-state index in [1.807, 2.05) is 0 Å². The predicted molar refractivity (Wildman–Crippen MR) is 89.3 cm³/mol. The van der Waals surface area contributed by atoms with Crippen LogP contribution in [0, 0.1) is 0 Å². The first kappa shape index (κ1) is 16.9. The molecule has 1 aromatic carbocycles. The van der Waals surface area contributed by atoms with Crippen molar-refractivity contribution in [3.63, 3.8) is 0 Å². The molecule has 0 radical (unpaired) electrons. The highest BCUT2D eigenvalue weighted by Gasteiger charge is 2.35. The summed E-state index contributed by atoms with van der Waals surface area (Å²) in [5.41, 5.74) is 0.860. The second-order valence-electron chi connectivity index (χ2n) is 6.30. The minimum Gasteiger partial charge on any atom is -0.492 e. The largest absolute Gasteiger partial charge is 0.492 e. The molecule has 130 valence electrons. The maximum absolute atomic E-state index is 12.4. The number of ether oxygens (including phenoxy) is 1. The number of hydrogen-bond acceptors (Lipinski definition) is 5. The van der Waals surface area contributed by atoms with Crippen molar-refractivity contribution >= 4 is 11.8 Å². The van der Waals surface area contributed by atoms with Gasteiger partial charge >= 0.3 is 0 Å². The van der Waals surface area contributed by atoms with Gasteiger partial charge in [0.05, 0.1) is 11.1 Å². The molecule has 1 aromatic rings. The number of aliphatic hydroxyl groups excluding tert-OH is 1. The number of nitrogens with zero attached hydrogens (tertiary/aromatic N) is 2. The van der Waals surface area contributed by atoms with Crippen LogP contribution in [0.15, 0.2) is 18.2 Å². The fourth-order valence-electron chi connectivity index (χ4n) is 3.24. The third-order valence-corrected chi connectivity index (χ3v) is 4.61. The van der Waals surface area contributed by atoms with Crippen LogP contribution in [-0.2, 0) is 0 Å². The Morgan fingerprint density at radius 1 is 1.00 bits per heavy atom. The Labute approximate surface area is 142 Å². The lowest BCUT2D eigenvalue weighted by molar-refractivity contribution is 0.0649. The van der Waals surface area contributed by atoms with E-state index >= 15 is 0 Å². The molecular weight excluding hydrogens is 308 g/mol. The molecule has 0 saturated carbocycles. The van der Waals surface area contributed by atoms with Gasteiger partial charge in [-0.2, -0.15) is 0 Å². The van der Waals surface area contributed by atoms with E-state index in [2.05, 4.69) is 4.90 Å². The van der Waals surface area contributed by atoms with E-state index < -0.39 is 0 Å². The number of hydrogen-bond donors (Lipinski definition) is 1. The average molecular weight is 332 g/mol. The number of carbonyl (C=O) groups is 2. The van der Waals surface area contributed by atoms with Gasteiger partial charge in [-0.25, -0.2) is 0 Å². The van der Waals surface area contributed by atoms with Gasteiger partial charge in [0, 0.05) is 19.7 Å². The number of imide groups is 1. The highest BCUT2D eigenvalue weighted by Crippen LogP contribution is 2.27. The second-order valence-corrected chi connectivity index (χ2v) is 6.30.